The van der Waals surface area contributed by atoms with Crippen molar-refractivity contribution in [1.29, 1.82) is 0 Å². The molecule has 5 nitrogen and oxygen atoms in total. The van der Waals surface area contributed by atoms with Crippen molar-refractivity contribution >= 4 is 40.9 Å². The first-order chi connectivity index (χ1) is 9.60. The second-order valence-electron chi connectivity index (χ2n) is 3.78. The van der Waals surface area contributed by atoms with Gasteiger partial charge in [0.25, 0.3) is 0 Å². The molecule has 0 fully saturated rings. The quantitative estimate of drug-likeness (QED) is 0.622. The number of methoxy groups -OCH3 is 1. The number of carbonyl (C=O) groups is 1. The molecule has 8 heteroatoms. The predicted molar refractivity (Wildman–Crippen MR) is 78.5 cm³/mol. The fourth-order valence-electron chi connectivity index (χ4n) is 1.44. The van der Waals surface area contributed by atoms with Gasteiger partial charge >= 0.3 is 5.97 Å². The molecule has 0 unspecified atom stereocenters. The van der Waals surface area contributed by atoms with Gasteiger partial charge in [0.15, 0.2) is 5.69 Å². The number of ether oxygens (including phenoxy) is 1. The Labute approximate surface area is 130 Å². The molecule has 0 N–H and O–H groups in total. The number of benzene rings is 1. The second-order valence-corrected chi connectivity index (χ2v) is 5.76. The van der Waals surface area contributed by atoms with E-state index in [1.54, 1.807) is 34.8 Å². The lowest BCUT2D eigenvalue weighted by Crippen LogP contribution is -2.02. The minimum Gasteiger partial charge on any atom is -0.464 e. The van der Waals surface area contributed by atoms with Crippen LogP contribution in [0.2, 0.25) is 10.0 Å². The number of esters is 1. The van der Waals surface area contributed by atoms with Crippen LogP contribution in [0.25, 0.3) is 0 Å². The molecule has 0 saturated heterocycles. The highest BCUT2D eigenvalue weighted by Crippen LogP contribution is 2.29. The fourth-order valence-corrected chi connectivity index (χ4v) is 2.88. The Bertz CT molecular complexity index is 618. The van der Waals surface area contributed by atoms with Gasteiger partial charge in [-0.2, -0.15) is 0 Å². The van der Waals surface area contributed by atoms with Gasteiger partial charge < -0.3 is 4.74 Å². The van der Waals surface area contributed by atoms with E-state index in [0.717, 1.165) is 10.6 Å². The van der Waals surface area contributed by atoms with Gasteiger partial charge in [0, 0.05) is 15.7 Å². The van der Waals surface area contributed by atoms with Crippen molar-refractivity contribution in [3.8, 4) is 0 Å². The number of hydrogen-bond donors (Lipinski definition) is 0. The number of halogens is 2. The monoisotopic (exact) mass is 331 g/mol. The normalized spacial score (nSPS) is 10.6. The highest BCUT2D eigenvalue weighted by atomic mass is 35.5. The van der Waals surface area contributed by atoms with E-state index in [2.05, 4.69) is 15.0 Å². The number of aryl methyl sites for hydroxylation is 1. The molecular formula is C12H11Cl2N3O2S. The van der Waals surface area contributed by atoms with E-state index < -0.39 is 5.97 Å². The predicted octanol–water partition coefficient (Wildman–Crippen LogP) is 3.16. The summed E-state index contributed by atoms with van der Waals surface area (Å²) < 4.78 is 6.14. The zero-order valence-electron chi connectivity index (χ0n) is 10.5. The molecule has 0 bridgehead atoms. The smallest absolute Gasteiger partial charge is 0.360 e. The van der Waals surface area contributed by atoms with E-state index >= 15 is 0 Å². The maximum absolute atomic E-state index is 11.2. The van der Waals surface area contributed by atoms with E-state index in [4.69, 9.17) is 23.2 Å². The van der Waals surface area contributed by atoms with Crippen LogP contribution in [0.15, 0.2) is 29.3 Å². The Morgan fingerprint density at radius 1 is 1.45 bits per heavy atom. The van der Waals surface area contributed by atoms with Gasteiger partial charge in [0.1, 0.15) is 0 Å². The minimum atomic E-state index is -0.498. The standard InChI is InChI=1S/C12H11Cl2N3O2S/c1-19-12(18)10-7-17(16-15-10)4-5-20-11-6-8(13)2-3-9(11)14/h2-3,6-7H,4-5H2,1H3. The summed E-state index contributed by atoms with van der Waals surface area (Å²) in [4.78, 5) is 12.1. The zero-order valence-corrected chi connectivity index (χ0v) is 12.9. The minimum absolute atomic E-state index is 0.193. The van der Waals surface area contributed by atoms with Crippen molar-refractivity contribution in [2.75, 3.05) is 12.9 Å². The van der Waals surface area contributed by atoms with Crippen LogP contribution in [-0.2, 0) is 11.3 Å². The molecular weight excluding hydrogens is 321 g/mol. The second kappa shape index (κ2) is 6.97. The SMILES string of the molecule is COC(=O)c1cn(CCSc2cc(Cl)ccc2Cl)nn1. The van der Waals surface area contributed by atoms with E-state index in [0.29, 0.717) is 16.6 Å². The number of hydrogen-bond acceptors (Lipinski definition) is 5. The van der Waals surface area contributed by atoms with Crippen LogP contribution >= 0.6 is 35.0 Å². The number of carbonyl (C=O) groups excluding carboxylic acids is 1. The summed E-state index contributed by atoms with van der Waals surface area (Å²) in [6.45, 7) is 0.595. The summed E-state index contributed by atoms with van der Waals surface area (Å²) in [6, 6.07) is 5.32. The third-order valence-corrected chi connectivity index (χ3v) is 4.12. The summed E-state index contributed by atoms with van der Waals surface area (Å²) in [6.07, 6.45) is 1.55. The lowest BCUT2D eigenvalue weighted by molar-refractivity contribution is 0.0594. The molecule has 0 spiro atoms. The van der Waals surface area contributed by atoms with Gasteiger partial charge in [0.2, 0.25) is 0 Å². The number of nitrogens with zero attached hydrogens (tertiary/aromatic N) is 3. The highest BCUT2D eigenvalue weighted by Gasteiger charge is 2.10. The summed E-state index contributed by atoms with van der Waals surface area (Å²) >= 11 is 13.5. The lowest BCUT2D eigenvalue weighted by atomic mass is 10.4. The molecule has 2 aromatic rings. The molecule has 20 heavy (non-hydrogen) atoms. The molecule has 0 radical (unpaired) electrons. The van der Waals surface area contributed by atoms with Gasteiger partial charge in [0.05, 0.1) is 24.9 Å². The molecule has 0 aliphatic carbocycles. The summed E-state index contributed by atoms with van der Waals surface area (Å²) in [5.41, 5.74) is 0.193. The molecule has 0 saturated carbocycles. The molecule has 2 rings (SSSR count). The Morgan fingerprint density at radius 2 is 2.25 bits per heavy atom. The number of thioether (sulfide) groups is 1. The van der Waals surface area contributed by atoms with E-state index in [1.807, 2.05) is 6.07 Å². The van der Waals surface area contributed by atoms with Gasteiger partial charge in [-0.25, -0.2) is 4.79 Å². The van der Waals surface area contributed by atoms with Crippen molar-refractivity contribution < 1.29 is 9.53 Å². The van der Waals surface area contributed by atoms with Crippen molar-refractivity contribution in [3.05, 3.63) is 40.1 Å². The first kappa shape index (κ1) is 15.2. The summed E-state index contributed by atoms with van der Waals surface area (Å²) in [5, 5.41) is 8.88. The van der Waals surface area contributed by atoms with Crippen LogP contribution in [0.5, 0.6) is 0 Å². The Hall–Kier alpha value is -1.24. The van der Waals surface area contributed by atoms with Gasteiger partial charge in [-0.15, -0.1) is 16.9 Å². The first-order valence-corrected chi connectivity index (χ1v) is 7.40. The first-order valence-electron chi connectivity index (χ1n) is 5.66. The fraction of sp³-hybridized carbons (Fsp3) is 0.250. The average molecular weight is 332 g/mol. The molecule has 0 atom stereocenters. The van der Waals surface area contributed by atoms with Gasteiger partial charge in [-0.3, -0.25) is 4.68 Å². The van der Waals surface area contributed by atoms with Crippen molar-refractivity contribution in [3.63, 3.8) is 0 Å². The summed E-state index contributed by atoms with van der Waals surface area (Å²) in [5.74, 6) is 0.228. The maximum atomic E-state index is 11.2. The molecule has 106 valence electrons. The summed E-state index contributed by atoms with van der Waals surface area (Å²) in [7, 11) is 1.30. The van der Waals surface area contributed by atoms with Crippen LogP contribution in [0.4, 0.5) is 0 Å². The van der Waals surface area contributed by atoms with E-state index in [-0.39, 0.29) is 5.69 Å². The van der Waals surface area contributed by atoms with Crippen LogP contribution in [-0.4, -0.2) is 33.8 Å². The van der Waals surface area contributed by atoms with Crippen molar-refractivity contribution in [2.45, 2.75) is 11.4 Å². The number of rotatable bonds is 5. The molecule has 0 aliphatic heterocycles. The Balaban J connectivity index is 1.91. The van der Waals surface area contributed by atoms with E-state index in [1.165, 1.54) is 7.11 Å². The van der Waals surface area contributed by atoms with Crippen LogP contribution in [0, 0.1) is 0 Å². The molecule has 1 aromatic carbocycles. The molecule has 0 amide bonds. The lowest BCUT2D eigenvalue weighted by Gasteiger charge is -2.04. The average Bonchev–Trinajstić information content (AvgIpc) is 2.90. The largest absolute Gasteiger partial charge is 0.464 e. The van der Waals surface area contributed by atoms with Crippen LogP contribution in [0.1, 0.15) is 10.5 Å². The van der Waals surface area contributed by atoms with Crippen molar-refractivity contribution in [2.24, 2.45) is 0 Å². The zero-order chi connectivity index (χ0) is 14.5. The number of aromatic nitrogens is 3. The van der Waals surface area contributed by atoms with E-state index in [9.17, 15) is 4.79 Å². The molecule has 1 heterocycles. The van der Waals surface area contributed by atoms with Crippen LogP contribution in [0.3, 0.4) is 0 Å². The third-order valence-electron chi connectivity index (χ3n) is 2.40. The molecule has 0 aliphatic rings. The van der Waals surface area contributed by atoms with Crippen LogP contribution < -0.4 is 0 Å². The van der Waals surface area contributed by atoms with Crippen molar-refractivity contribution in [1.82, 2.24) is 15.0 Å². The Morgan fingerprint density at radius 3 is 3.00 bits per heavy atom. The van der Waals surface area contributed by atoms with Gasteiger partial charge in [-0.1, -0.05) is 28.4 Å². The maximum Gasteiger partial charge on any atom is 0.360 e. The Kier molecular flexibility index (Phi) is 5.28. The topological polar surface area (TPSA) is 57.0 Å². The van der Waals surface area contributed by atoms with Gasteiger partial charge in [-0.05, 0) is 18.2 Å². The molecule has 1 aromatic heterocycles. The third kappa shape index (κ3) is 3.88. The highest BCUT2D eigenvalue weighted by molar-refractivity contribution is 7.99.